The molecule has 0 amide bonds. The number of ketones is 1. The van der Waals surface area contributed by atoms with Crippen molar-refractivity contribution in [1.29, 1.82) is 0 Å². The second-order valence-corrected chi connectivity index (χ2v) is 10.5. The normalized spacial score (nSPS) is 48.5. The maximum absolute atomic E-state index is 12.8. The van der Waals surface area contributed by atoms with Crippen molar-refractivity contribution in [3.05, 3.63) is 23.8 Å². The van der Waals surface area contributed by atoms with Crippen molar-refractivity contribution in [2.24, 2.45) is 40.4 Å². The summed E-state index contributed by atoms with van der Waals surface area (Å²) in [5.41, 5.74) is 0.590. The van der Waals surface area contributed by atoms with Crippen molar-refractivity contribution in [3.8, 4) is 0 Å². The fraction of sp³-hybridized carbons (Fsp3) is 0.727. The first-order valence-electron chi connectivity index (χ1n) is 10.1. The van der Waals surface area contributed by atoms with Gasteiger partial charge in [-0.05, 0) is 61.0 Å². The lowest BCUT2D eigenvalue weighted by Crippen LogP contribution is -2.56. The van der Waals surface area contributed by atoms with Crippen molar-refractivity contribution in [2.75, 3.05) is 6.01 Å². The first-order chi connectivity index (χ1) is 12.7. The van der Waals surface area contributed by atoms with Crippen LogP contribution in [0, 0.1) is 40.4 Å². The van der Waals surface area contributed by atoms with Gasteiger partial charge >= 0.3 is 0 Å². The second kappa shape index (κ2) is 6.55. The molecule has 0 aromatic heterocycles. The van der Waals surface area contributed by atoms with Crippen molar-refractivity contribution in [2.45, 2.75) is 52.6 Å². The molecule has 4 rings (SSSR count). The average Bonchev–Trinajstić information content (AvgIpc) is 2.85. The van der Waals surface area contributed by atoms with Gasteiger partial charge in [0.1, 0.15) is 6.01 Å². The number of aliphatic hydroxyl groups excluding tert-OH is 1. The van der Waals surface area contributed by atoms with Crippen LogP contribution in [0.3, 0.4) is 0 Å². The van der Waals surface area contributed by atoms with Crippen LogP contribution in [0.2, 0.25) is 0 Å². The Hall–Kier alpha value is -0.940. The molecule has 0 unspecified atom stereocenters. The van der Waals surface area contributed by atoms with E-state index in [0.29, 0.717) is 18.3 Å². The molecule has 1 N–H and O–H groups in total. The Bertz CT molecular complexity index is 731. The van der Waals surface area contributed by atoms with E-state index >= 15 is 0 Å². The predicted molar refractivity (Wildman–Crippen MR) is 105 cm³/mol. The number of carbonyl (C=O) groups excluding carboxylic acids is 2. The number of fused-ring (bicyclic) bond motifs is 5. The van der Waals surface area contributed by atoms with Gasteiger partial charge in [-0.15, -0.1) is 0 Å². The molecule has 0 radical (unpaired) electrons. The van der Waals surface area contributed by atoms with Crippen molar-refractivity contribution in [3.63, 3.8) is 0 Å². The highest BCUT2D eigenvalue weighted by atomic mass is 32.2. The van der Waals surface area contributed by atoms with E-state index in [0.717, 1.165) is 36.6 Å². The van der Waals surface area contributed by atoms with E-state index in [2.05, 4.69) is 20.8 Å². The monoisotopic (exact) mass is 392 g/mol. The molecular weight excluding hydrogens is 363 g/mol. The minimum absolute atomic E-state index is 0.0412. The minimum atomic E-state index is -0.678. The van der Waals surface area contributed by atoms with Crippen LogP contribution < -0.4 is 0 Å². The van der Waals surface area contributed by atoms with Crippen molar-refractivity contribution in [1.82, 2.24) is 0 Å². The molecule has 0 spiro atoms. The summed E-state index contributed by atoms with van der Waals surface area (Å²) in [6.07, 6.45) is 8.27. The number of halogens is 1. The molecule has 148 valence electrons. The van der Waals surface area contributed by atoms with Crippen LogP contribution in [0.25, 0.3) is 0 Å². The quantitative estimate of drug-likeness (QED) is 0.761. The number of alkyl halides is 1. The Kier molecular flexibility index (Phi) is 4.70. The van der Waals surface area contributed by atoms with Crippen LogP contribution in [0.15, 0.2) is 23.8 Å². The summed E-state index contributed by atoms with van der Waals surface area (Å²) in [6.45, 7) is 6.42. The lowest BCUT2D eigenvalue weighted by Gasteiger charge is -2.58. The van der Waals surface area contributed by atoms with Gasteiger partial charge in [0.25, 0.3) is 0 Å². The average molecular weight is 393 g/mol. The van der Waals surface area contributed by atoms with Gasteiger partial charge in [0.2, 0.25) is 0 Å². The topological polar surface area (TPSA) is 54.4 Å². The molecule has 4 aliphatic carbocycles. The Balaban J connectivity index is 1.71. The van der Waals surface area contributed by atoms with E-state index in [4.69, 9.17) is 0 Å². The van der Waals surface area contributed by atoms with E-state index in [1.165, 1.54) is 0 Å². The van der Waals surface area contributed by atoms with Gasteiger partial charge < -0.3 is 5.11 Å². The number of thioether (sulfide) groups is 1. The zero-order valence-corrected chi connectivity index (χ0v) is 17.1. The van der Waals surface area contributed by atoms with Gasteiger partial charge in [-0.3, -0.25) is 9.59 Å². The van der Waals surface area contributed by atoms with Crippen LogP contribution in [0.4, 0.5) is 4.39 Å². The standard InChI is InChI=1S/C22H29FO3S/c1-12-8-16-15-5-4-13-9-14(24)6-7-21(13,2)19(15)17(25)10-22(16,3)18(12)20(26)27-11-23/h6-7,9,12,15-19,25H,4-5,8,10-11H2,1-3H3/t12-,15+,16+,17+,18-,19-,21+,22+/m1/s1. The lowest BCUT2D eigenvalue weighted by atomic mass is 9.47. The number of hydrogen-bond donors (Lipinski definition) is 1. The highest BCUT2D eigenvalue weighted by Gasteiger charge is 2.64. The van der Waals surface area contributed by atoms with E-state index in [9.17, 15) is 19.1 Å². The van der Waals surface area contributed by atoms with E-state index < -0.39 is 12.1 Å². The van der Waals surface area contributed by atoms with Gasteiger partial charge in [0.05, 0.1) is 6.10 Å². The summed E-state index contributed by atoms with van der Waals surface area (Å²) in [5.74, 6) is 0.834. The molecule has 0 aliphatic heterocycles. The van der Waals surface area contributed by atoms with E-state index in [1.807, 2.05) is 6.08 Å². The lowest BCUT2D eigenvalue weighted by molar-refractivity contribution is -0.133. The molecule has 0 aromatic rings. The number of allylic oxidation sites excluding steroid dienone is 4. The Morgan fingerprint density at radius 2 is 2.15 bits per heavy atom. The van der Waals surface area contributed by atoms with Gasteiger partial charge in [-0.1, -0.05) is 44.2 Å². The summed E-state index contributed by atoms with van der Waals surface area (Å²) >= 11 is 0.790. The molecule has 3 saturated carbocycles. The Labute approximate surface area is 164 Å². The summed E-state index contributed by atoms with van der Waals surface area (Å²) in [7, 11) is 0. The largest absolute Gasteiger partial charge is 0.393 e. The van der Waals surface area contributed by atoms with Gasteiger partial charge in [0, 0.05) is 17.3 Å². The fourth-order valence-corrected chi connectivity index (χ4v) is 8.13. The minimum Gasteiger partial charge on any atom is -0.393 e. The zero-order chi connectivity index (χ0) is 19.6. The molecule has 0 heterocycles. The summed E-state index contributed by atoms with van der Waals surface area (Å²) in [6, 6.07) is -0.678. The van der Waals surface area contributed by atoms with Gasteiger partial charge in [0.15, 0.2) is 10.9 Å². The molecule has 0 saturated heterocycles. The summed E-state index contributed by atoms with van der Waals surface area (Å²) in [4.78, 5) is 24.6. The SMILES string of the molecule is C[C@@H]1C[C@H]2[C@@H]3CCC4=CC(=O)C=C[C@]4(C)[C@H]3[C@@H](O)C[C@]2(C)[C@H]1C(=O)SCF. The molecule has 3 fully saturated rings. The maximum atomic E-state index is 12.8. The highest BCUT2D eigenvalue weighted by Crippen LogP contribution is 2.67. The first-order valence-corrected chi connectivity index (χ1v) is 11.1. The van der Waals surface area contributed by atoms with E-state index in [-0.39, 0.29) is 39.5 Å². The smallest absolute Gasteiger partial charge is 0.195 e. The molecule has 8 atom stereocenters. The maximum Gasteiger partial charge on any atom is 0.195 e. The van der Waals surface area contributed by atoms with E-state index in [1.54, 1.807) is 12.2 Å². The van der Waals surface area contributed by atoms with Crippen LogP contribution in [0.1, 0.15) is 46.5 Å². The number of hydrogen-bond acceptors (Lipinski definition) is 4. The predicted octanol–water partition coefficient (Wildman–Crippen LogP) is 4.31. The molecule has 3 nitrogen and oxygen atoms in total. The molecule has 27 heavy (non-hydrogen) atoms. The Morgan fingerprint density at radius 1 is 1.41 bits per heavy atom. The summed E-state index contributed by atoms with van der Waals surface area (Å²) < 4.78 is 12.8. The number of carbonyl (C=O) groups is 2. The molecule has 0 aromatic carbocycles. The molecule has 0 bridgehead atoms. The van der Waals surface area contributed by atoms with Crippen LogP contribution >= 0.6 is 11.8 Å². The number of rotatable bonds is 2. The van der Waals surface area contributed by atoms with Crippen molar-refractivity contribution >= 4 is 22.7 Å². The molecule has 5 heteroatoms. The Morgan fingerprint density at radius 3 is 2.85 bits per heavy atom. The van der Waals surface area contributed by atoms with Crippen LogP contribution in [-0.4, -0.2) is 28.1 Å². The fourth-order valence-electron chi connectivity index (χ4n) is 7.34. The molecule has 4 aliphatic rings. The highest BCUT2D eigenvalue weighted by molar-refractivity contribution is 8.13. The third-order valence-electron chi connectivity index (χ3n) is 8.29. The second-order valence-electron chi connectivity index (χ2n) is 9.56. The van der Waals surface area contributed by atoms with Crippen molar-refractivity contribution < 1.29 is 19.1 Å². The van der Waals surface area contributed by atoms with Gasteiger partial charge in [-0.25, -0.2) is 4.39 Å². The third-order valence-corrected chi connectivity index (χ3v) is 8.93. The van der Waals surface area contributed by atoms with Gasteiger partial charge in [-0.2, -0.15) is 0 Å². The molecular formula is C22H29FO3S. The third kappa shape index (κ3) is 2.71. The number of aliphatic hydroxyl groups is 1. The van der Waals surface area contributed by atoms with Crippen LogP contribution in [-0.2, 0) is 9.59 Å². The first kappa shape index (κ1) is 19.4. The zero-order valence-electron chi connectivity index (χ0n) is 16.3. The summed E-state index contributed by atoms with van der Waals surface area (Å²) in [5, 5.41) is 11.2. The van der Waals surface area contributed by atoms with Crippen LogP contribution in [0.5, 0.6) is 0 Å².